The van der Waals surface area contributed by atoms with Crippen LogP contribution in [0.2, 0.25) is 0 Å². The van der Waals surface area contributed by atoms with E-state index in [0.29, 0.717) is 5.75 Å². The molecule has 0 aliphatic rings. The number of carbonyl (C=O) groups excluding carboxylic acids is 1. The molecular formula is C11H12O2. The van der Waals surface area contributed by atoms with Crippen LogP contribution in [0.5, 0.6) is 5.75 Å². The van der Waals surface area contributed by atoms with Crippen molar-refractivity contribution in [3.63, 3.8) is 0 Å². The highest BCUT2D eigenvalue weighted by atomic mass is 16.5. The van der Waals surface area contributed by atoms with Gasteiger partial charge in [0, 0.05) is 12.5 Å². The first-order chi connectivity index (χ1) is 6.13. The molecule has 0 aliphatic carbocycles. The lowest BCUT2D eigenvalue weighted by Gasteiger charge is -2.05. The van der Waals surface area contributed by atoms with Crippen molar-refractivity contribution >= 4 is 12.0 Å². The fraction of sp³-hybridized carbons (Fsp3) is 0.182. The lowest BCUT2D eigenvalue weighted by molar-refractivity contribution is -0.131. The third-order valence-corrected chi connectivity index (χ3v) is 1.64. The molecule has 13 heavy (non-hydrogen) atoms. The van der Waals surface area contributed by atoms with Gasteiger partial charge in [0.05, 0.1) is 0 Å². The Morgan fingerprint density at radius 3 is 2.77 bits per heavy atom. The zero-order valence-corrected chi connectivity index (χ0v) is 7.83. The normalized spacial score (nSPS) is 9.38. The van der Waals surface area contributed by atoms with E-state index in [0.717, 1.165) is 11.1 Å². The van der Waals surface area contributed by atoms with Crippen molar-refractivity contribution in [2.45, 2.75) is 13.8 Å². The summed E-state index contributed by atoms with van der Waals surface area (Å²) in [5.74, 6) is 0.250. The van der Waals surface area contributed by atoms with Crippen molar-refractivity contribution in [1.82, 2.24) is 0 Å². The summed E-state index contributed by atoms with van der Waals surface area (Å²) in [4.78, 5) is 10.7. The third kappa shape index (κ3) is 2.44. The van der Waals surface area contributed by atoms with Crippen LogP contribution in [0.15, 0.2) is 24.8 Å². The van der Waals surface area contributed by atoms with Crippen molar-refractivity contribution in [3.8, 4) is 5.75 Å². The van der Waals surface area contributed by atoms with Crippen LogP contribution in [0, 0.1) is 6.92 Å². The molecule has 1 rings (SSSR count). The average molecular weight is 176 g/mol. The second-order valence-corrected chi connectivity index (χ2v) is 2.84. The molecule has 0 saturated heterocycles. The van der Waals surface area contributed by atoms with Crippen LogP contribution in [0.3, 0.4) is 0 Å². The summed E-state index contributed by atoms with van der Waals surface area (Å²) < 4.78 is 4.98. The van der Waals surface area contributed by atoms with Gasteiger partial charge in [-0.15, -0.1) is 0 Å². The fourth-order valence-corrected chi connectivity index (χ4v) is 1.08. The summed E-state index contributed by atoms with van der Waals surface area (Å²) in [6, 6.07) is 5.59. The molecule has 68 valence electrons. The molecule has 0 amide bonds. The Hall–Kier alpha value is -1.57. The number of hydrogen-bond acceptors (Lipinski definition) is 2. The van der Waals surface area contributed by atoms with Gasteiger partial charge in [-0.1, -0.05) is 24.3 Å². The molecule has 0 aromatic heterocycles. The molecule has 0 atom stereocenters. The lowest BCUT2D eigenvalue weighted by Crippen LogP contribution is -2.02. The smallest absolute Gasteiger partial charge is 0.308 e. The molecule has 0 radical (unpaired) electrons. The monoisotopic (exact) mass is 176 g/mol. The van der Waals surface area contributed by atoms with Crippen LogP contribution in [0.4, 0.5) is 0 Å². The van der Waals surface area contributed by atoms with Crippen LogP contribution < -0.4 is 4.74 Å². The largest absolute Gasteiger partial charge is 0.426 e. The first-order valence-corrected chi connectivity index (χ1v) is 4.05. The molecule has 0 heterocycles. The average Bonchev–Trinajstić information content (AvgIpc) is 2.07. The maximum atomic E-state index is 10.7. The van der Waals surface area contributed by atoms with Crippen molar-refractivity contribution in [1.29, 1.82) is 0 Å². The maximum absolute atomic E-state index is 10.7. The van der Waals surface area contributed by atoms with E-state index < -0.39 is 0 Å². The van der Waals surface area contributed by atoms with Gasteiger partial charge in [0.2, 0.25) is 0 Å². The number of ether oxygens (including phenoxy) is 1. The summed E-state index contributed by atoms with van der Waals surface area (Å²) in [6.07, 6.45) is 1.67. The summed E-state index contributed by atoms with van der Waals surface area (Å²) >= 11 is 0. The van der Waals surface area contributed by atoms with Gasteiger partial charge in [0.25, 0.3) is 0 Å². The van der Waals surface area contributed by atoms with Gasteiger partial charge < -0.3 is 4.74 Å². The Bertz CT molecular complexity index is 340. The van der Waals surface area contributed by atoms with Crippen molar-refractivity contribution < 1.29 is 9.53 Å². The number of rotatable bonds is 2. The van der Waals surface area contributed by atoms with Gasteiger partial charge in [0.1, 0.15) is 5.75 Å². The Morgan fingerprint density at radius 2 is 2.23 bits per heavy atom. The van der Waals surface area contributed by atoms with Gasteiger partial charge in [0.15, 0.2) is 0 Å². The van der Waals surface area contributed by atoms with E-state index in [4.69, 9.17) is 4.74 Å². The maximum Gasteiger partial charge on any atom is 0.308 e. The van der Waals surface area contributed by atoms with E-state index in [1.807, 2.05) is 19.1 Å². The summed E-state index contributed by atoms with van der Waals surface area (Å²) in [6.45, 7) is 7.01. The van der Waals surface area contributed by atoms with E-state index in [2.05, 4.69) is 6.58 Å². The second-order valence-electron chi connectivity index (χ2n) is 2.84. The molecule has 0 N–H and O–H groups in total. The van der Waals surface area contributed by atoms with Crippen LogP contribution in [0.25, 0.3) is 6.08 Å². The highest BCUT2D eigenvalue weighted by molar-refractivity contribution is 5.71. The minimum atomic E-state index is -0.313. The highest BCUT2D eigenvalue weighted by Gasteiger charge is 2.02. The summed E-state index contributed by atoms with van der Waals surface area (Å²) in [7, 11) is 0. The van der Waals surface area contributed by atoms with Gasteiger partial charge in [-0.3, -0.25) is 4.79 Å². The first-order valence-electron chi connectivity index (χ1n) is 4.05. The molecule has 2 nitrogen and oxygen atoms in total. The highest BCUT2D eigenvalue weighted by Crippen LogP contribution is 2.20. The number of aryl methyl sites for hydroxylation is 1. The predicted octanol–water partition coefficient (Wildman–Crippen LogP) is 2.56. The van der Waals surface area contributed by atoms with Crippen LogP contribution in [-0.2, 0) is 4.79 Å². The number of carbonyl (C=O) groups is 1. The van der Waals surface area contributed by atoms with Crippen LogP contribution >= 0.6 is 0 Å². The summed E-state index contributed by atoms with van der Waals surface area (Å²) in [5.41, 5.74) is 1.96. The van der Waals surface area contributed by atoms with Gasteiger partial charge in [-0.05, 0) is 19.1 Å². The Morgan fingerprint density at radius 1 is 1.54 bits per heavy atom. The van der Waals surface area contributed by atoms with Crippen molar-refractivity contribution in [3.05, 3.63) is 35.9 Å². The first kappa shape index (κ1) is 9.52. The quantitative estimate of drug-likeness (QED) is 0.511. The van der Waals surface area contributed by atoms with E-state index in [-0.39, 0.29) is 5.97 Å². The van der Waals surface area contributed by atoms with Crippen molar-refractivity contribution in [2.24, 2.45) is 0 Å². The van der Waals surface area contributed by atoms with Crippen LogP contribution in [-0.4, -0.2) is 5.97 Å². The van der Waals surface area contributed by atoms with Gasteiger partial charge in [-0.25, -0.2) is 0 Å². The van der Waals surface area contributed by atoms with E-state index >= 15 is 0 Å². The predicted molar refractivity (Wildman–Crippen MR) is 52.6 cm³/mol. The van der Waals surface area contributed by atoms with E-state index in [9.17, 15) is 4.79 Å². The Labute approximate surface area is 77.8 Å². The van der Waals surface area contributed by atoms with E-state index in [1.165, 1.54) is 6.92 Å². The molecule has 0 saturated carbocycles. The van der Waals surface area contributed by atoms with E-state index in [1.54, 1.807) is 12.1 Å². The topological polar surface area (TPSA) is 26.3 Å². The Balaban J connectivity index is 3.05. The van der Waals surface area contributed by atoms with Crippen molar-refractivity contribution in [2.75, 3.05) is 0 Å². The lowest BCUT2D eigenvalue weighted by atomic mass is 10.1. The SMILES string of the molecule is C=Cc1cc(C)ccc1OC(C)=O. The molecule has 1 aromatic rings. The summed E-state index contributed by atoms with van der Waals surface area (Å²) in [5, 5.41) is 0. The minimum Gasteiger partial charge on any atom is -0.426 e. The zero-order valence-electron chi connectivity index (χ0n) is 7.83. The molecular weight excluding hydrogens is 164 g/mol. The Kier molecular flexibility index (Phi) is 2.85. The molecule has 0 spiro atoms. The molecule has 1 aromatic carbocycles. The second kappa shape index (κ2) is 3.90. The number of hydrogen-bond donors (Lipinski definition) is 0. The number of esters is 1. The molecule has 0 aliphatic heterocycles. The molecule has 0 fully saturated rings. The zero-order chi connectivity index (χ0) is 9.84. The fourth-order valence-electron chi connectivity index (χ4n) is 1.08. The standard InChI is InChI=1S/C11H12O2/c1-4-10-7-8(2)5-6-11(10)13-9(3)12/h4-7H,1H2,2-3H3. The van der Waals surface area contributed by atoms with Gasteiger partial charge in [-0.2, -0.15) is 0 Å². The minimum absolute atomic E-state index is 0.313. The van der Waals surface area contributed by atoms with Gasteiger partial charge >= 0.3 is 5.97 Å². The third-order valence-electron chi connectivity index (χ3n) is 1.64. The molecule has 0 unspecified atom stereocenters. The molecule has 2 heteroatoms. The number of benzene rings is 1. The molecule has 0 bridgehead atoms. The van der Waals surface area contributed by atoms with Crippen LogP contribution in [0.1, 0.15) is 18.1 Å².